The monoisotopic (exact) mass is 371 g/mol. The van der Waals surface area contributed by atoms with Crippen molar-refractivity contribution in [3.05, 3.63) is 47.3 Å². The molecule has 0 fully saturated rings. The van der Waals surface area contributed by atoms with Crippen molar-refractivity contribution in [3.63, 3.8) is 0 Å². The molecule has 2 heterocycles. The molecule has 0 atom stereocenters. The molecule has 0 aliphatic carbocycles. The van der Waals surface area contributed by atoms with Gasteiger partial charge in [-0.15, -0.1) is 10.2 Å². The number of nitriles is 1. The van der Waals surface area contributed by atoms with E-state index in [9.17, 15) is 22.0 Å². The molecule has 1 aromatic carbocycles. The van der Waals surface area contributed by atoms with E-state index in [-0.39, 0.29) is 15.6 Å². The lowest BCUT2D eigenvalue weighted by molar-refractivity contribution is -0.137. The van der Waals surface area contributed by atoms with E-state index in [4.69, 9.17) is 5.26 Å². The largest absolute Gasteiger partial charge is 0.417 e. The molecule has 0 radical (unpaired) electrons. The summed E-state index contributed by atoms with van der Waals surface area (Å²) in [4.78, 5) is 0.157. The fourth-order valence-corrected chi connectivity index (χ4v) is 2.83. The maximum absolute atomic E-state index is 13.0. The van der Waals surface area contributed by atoms with Crippen molar-refractivity contribution in [2.45, 2.75) is 22.5 Å². The zero-order valence-corrected chi connectivity index (χ0v) is 12.8. The summed E-state index contributed by atoms with van der Waals surface area (Å²) in [6, 6.07) is 7.48. The third-order valence-corrected chi connectivity index (χ3v) is 4.01. The SMILES string of the molecule is N#Cc1ccc(Sc2ccc3nnc(C(F)F)n3n2)cc1C(F)(F)F. The molecule has 128 valence electrons. The lowest BCUT2D eigenvalue weighted by Crippen LogP contribution is -2.07. The molecule has 3 aromatic rings. The predicted molar refractivity (Wildman–Crippen MR) is 76.0 cm³/mol. The van der Waals surface area contributed by atoms with Gasteiger partial charge in [0.25, 0.3) is 6.43 Å². The van der Waals surface area contributed by atoms with Crippen LogP contribution in [0, 0.1) is 11.3 Å². The van der Waals surface area contributed by atoms with Crippen LogP contribution in [0.1, 0.15) is 23.4 Å². The highest BCUT2D eigenvalue weighted by molar-refractivity contribution is 7.99. The molecule has 0 amide bonds. The van der Waals surface area contributed by atoms with Crippen LogP contribution >= 0.6 is 11.8 Å². The maximum atomic E-state index is 13.0. The van der Waals surface area contributed by atoms with Gasteiger partial charge < -0.3 is 0 Å². The lowest BCUT2D eigenvalue weighted by atomic mass is 10.1. The first-order chi connectivity index (χ1) is 11.8. The molecule has 0 saturated heterocycles. The van der Waals surface area contributed by atoms with Gasteiger partial charge in [0, 0.05) is 4.90 Å². The number of hydrogen-bond donors (Lipinski definition) is 0. The average molecular weight is 371 g/mol. The molecule has 0 aliphatic heterocycles. The van der Waals surface area contributed by atoms with Gasteiger partial charge in [0.15, 0.2) is 5.65 Å². The van der Waals surface area contributed by atoms with Crippen molar-refractivity contribution in [2.24, 2.45) is 0 Å². The Morgan fingerprint density at radius 3 is 2.52 bits per heavy atom. The van der Waals surface area contributed by atoms with E-state index >= 15 is 0 Å². The highest BCUT2D eigenvalue weighted by Crippen LogP contribution is 2.36. The van der Waals surface area contributed by atoms with E-state index in [1.807, 2.05) is 0 Å². The van der Waals surface area contributed by atoms with Gasteiger partial charge in [-0.1, -0.05) is 11.8 Å². The predicted octanol–water partition coefficient (Wildman–Crippen LogP) is 4.10. The summed E-state index contributed by atoms with van der Waals surface area (Å²) >= 11 is 0.834. The summed E-state index contributed by atoms with van der Waals surface area (Å²) in [5, 5.41) is 19.7. The van der Waals surface area contributed by atoms with E-state index in [0.29, 0.717) is 0 Å². The van der Waals surface area contributed by atoms with Gasteiger partial charge in [-0.2, -0.15) is 28.0 Å². The molecule has 25 heavy (non-hydrogen) atoms. The standard InChI is InChI=1S/C14H6F5N5S/c15-12(16)13-22-21-10-3-4-11(23-24(10)13)25-8-2-1-7(6-20)9(5-8)14(17,18)19/h1-5,12H. The summed E-state index contributed by atoms with van der Waals surface area (Å²) in [6.07, 6.45) is -7.58. The smallest absolute Gasteiger partial charge is 0.201 e. The number of aromatic nitrogens is 4. The third kappa shape index (κ3) is 3.39. The first-order valence-electron chi connectivity index (χ1n) is 6.59. The summed E-state index contributed by atoms with van der Waals surface area (Å²) in [5.41, 5.74) is -1.48. The van der Waals surface area contributed by atoms with E-state index in [1.165, 1.54) is 24.3 Å². The Hall–Kier alpha value is -2.74. The van der Waals surface area contributed by atoms with Crippen LogP contribution in [0.25, 0.3) is 5.65 Å². The Balaban J connectivity index is 1.99. The molecule has 0 spiro atoms. The topological polar surface area (TPSA) is 66.9 Å². The second kappa shape index (κ2) is 6.29. The Kier molecular flexibility index (Phi) is 4.30. The van der Waals surface area contributed by atoms with E-state index < -0.39 is 29.6 Å². The van der Waals surface area contributed by atoms with Gasteiger partial charge >= 0.3 is 6.18 Å². The number of alkyl halides is 5. The molecule has 0 aliphatic rings. The Morgan fingerprint density at radius 1 is 1.12 bits per heavy atom. The normalized spacial score (nSPS) is 11.9. The van der Waals surface area contributed by atoms with Crippen LogP contribution in [0.3, 0.4) is 0 Å². The van der Waals surface area contributed by atoms with Crippen LogP contribution in [-0.2, 0) is 6.18 Å². The fourth-order valence-electron chi connectivity index (χ4n) is 2.02. The summed E-state index contributed by atoms with van der Waals surface area (Å²) < 4.78 is 65.4. The molecular weight excluding hydrogens is 365 g/mol. The highest BCUT2D eigenvalue weighted by Gasteiger charge is 2.34. The molecule has 0 saturated carbocycles. The number of benzene rings is 1. The van der Waals surface area contributed by atoms with Gasteiger partial charge in [-0.3, -0.25) is 0 Å². The molecular formula is C14H6F5N5S. The summed E-state index contributed by atoms with van der Waals surface area (Å²) in [5.74, 6) is -0.659. The Labute approximate surface area is 141 Å². The number of hydrogen-bond acceptors (Lipinski definition) is 5. The molecule has 11 heteroatoms. The van der Waals surface area contributed by atoms with Crippen LogP contribution in [0.5, 0.6) is 0 Å². The van der Waals surface area contributed by atoms with E-state index in [0.717, 1.165) is 28.4 Å². The lowest BCUT2D eigenvalue weighted by Gasteiger charge is -2.10. The molecule has 0 bridgehead atoms. The maximum Gasteiger partial charge on any atom is 0.417 e. The van der Waals surface area contributed by atoms with Gasteiger partial charge in [-0.25, -0.2) is 8.78 Å². The van der Waals surface area contributed by atoms with Gasteiger partial charge in [-0.05, 0) is 30.3 Å². The second-order valence-corrected chi connectivity index (χ2v) is 5.81. The van der Waals surface area contributed by atoms with Gasteiger partial charge in [0.05, 0.1) is 17.2 Å². The van der Waals surface area contributed by atoms with Crippen molar-refractivity contribution in [2.75, 3.05) is 0 Å². The van der Waals surface area contributed by atoms with E-state index in [2.05, 4.69) is 15.3 Å². The van der Waals surface area contributed by atoms with Crippen molar-refractivity contribution < 1.29 is 22.0 Å². The highest BCUT2D eigenvalue weighted by atomic mass is 32.2. The van der Waals surface area contributed by atoms with Crippen LogP contribution in [0.15, 0.2) is 40.3 Å². The zero-order chi connectivity index (χ0) is 18.2. The first-order valence-corrected chi connectivity index (χ1v) is 7.41. The Bertz CT molecular complexity index is 976. The summed E-state index contributed by atoms with van der Waals surface area (Å²) in [7, 11) is 0. The van der Waals surface area contributed by atoms with Gasteiger partial charge in [0.1, 0.15) is 5.03 Å². The van der Waals surface area contributed by atoms with Crippen molar-refractivity contribution in [3.8, 4) is 6.07 Å². The van der Waals surface area contributed by atoms with E-state index in [1.54, 1.807) is 0 Å². The average Bonchev–Trinajstić information content (AvgIpc) is 2.97. The van der Waals surface area contributed by atoms with Crippen LogP contribution < -0.4 is 0 Å². The quantitative estimate of drug-likeness (QED) is 0.649. The van der Waals surface area contributed by atoms with Crippen LogP contribution in [0.2, 0.25) is 0 Å². The third-order valence-electron chi connectivity index (χ3n) is 3.10. The minimum absolute atomic E-state index is 0.0930. The zero-order valence-electron chi connectivity index (χ0n) is 12.0. The minimum atomic E-state index is -4.68. The molecule has 2 aromatic heterocycles. The van der Waals surface area contributed by atoms with Crippen LogP contribution in [-0.4, -0.2) is 19.8 Å². The Morgan fingerprint density at radius 2 is 1.88 bits per heavy atom. The van der Waals surface area contributed by atoms with Crippen molar-refractivity contribution in [1.29, 1.82) is 5.26 Å². The van der Waals surface area contributed by atoms with Crippen molar-refractivity contribution >= 4 is 17.4 Å². The number of fused-ring (bicyclic) bond motifs is 1. The molecule has 3 rings (SSSR count). The number of nitrogens with zero attached hydrogens (tertiary/aromatic N) is 5. The number of halogens is 5. The number of rotatable bonds is 3. The summed E-state index contributed by atoms with van der Waals surface area (Å²) in [6.45, 7) is 0. The van der Waals surface area contributed by atoms with Crippen molar-refractivity contribution in [1.82, 2.24) is 19.8 Å². The molecule has 5 nitrogen and oxygen atoms in total. The second-order valence-electron chi connectivity index (χ2n) is 4.72. The van der Waals surface area contributed by atoms with Crippen LogP contribution in [0.4, 0.5) is 22.0 Å². The first kappa shape index (κ1) is 17.1. The molecule has 0 unspecified atom stereocenters. The van der Waals surface area contributed by atoms with Gasteiger partial charge in [0.2, 0.25) is 5.82 Å². The fraction of sp³-hybridized carbons (Fsp3) is 0.143. The minimum Gasteiger partial charge on any atom is -0.201 e. The molecule has 0 N–H and O–H groups in total.